The first kappa shape index (κ1) is 17.4. The summed E-state index contributed by atoms with van der Waals surface area (Å²) in [6.07, 6.45) is -0.785. The highest BCUT2D eigenvalue weighted by Gasteiger charge is 2.43. The van der Waals surface area contributed by atoms with Gasteiger partial charge < -0.3 is 4.74 Å². The van der Waals surface area contributed by atoms with Gasteiger partial charge in [-0.25, -0.2) is 8.42 Å². The lowest BCUT2D eigenvalue weighted by atomic mass is 10.1. The maximum atomic E-state index is 12.4. The molecule has 0 spiro atoms. The number of carbonyl (C=O) groups excluding carboxylic acids is 1. The van der Waals surface area contributed by atoms with Crippen molar-refractivity contribution in [2.75, 3.05) is 7.11 Å². The van der Waals surface area contributed by atoms with Gasteiger partial charge in [-0.2, -0.15) is 0 Å². The molecule has 7 heteroatoms. The largest absolute Gasteiger partial charge is 0.381 e. The van der Waals surface area contributed by atoms with Crippen molar-refractivity contribution in [1.29, 1.82) is 0 Å². The van der Waals surface area contributed by atoms with Crippen LogP contribution in [0.3, 0.4) is 0 Å². The van der Waals surface area contributed by atoms with Crippen molar-refractivity contribution in [3.8, 4) is 0 Å². The molecule has 0 aliphatic rings. The minimum absolute atomic E-state index is 0.0303. The summed E-state index contributed by atoms with van der Waals surface area (Å²) in [6, 6.07) is 7.69. The molecule has 0 saturated carbocycles. The minimum Gasteiger partial charge on any atom is -0.381 e. The Morgan fingerprint density at radius 2 is 1.85 bits per heavy atom. The van der Waals surface area contributed by atoms with Gasteiger partial charge in [0.25, 0.3) is 0 Å². The molecule has 1 aromatic rings. The molecule has 0 amide bonds. The summed E-state index contributed by atoms with van der Waals surface area (Å²) in [5, 5.41) is 0. The van der Waals surface area contributed by atoms with Crippen LogP contribution in [0.2, 0.25) is 0 Å². The first-order chi connectivity index (χ1) is 9.20. The number of hydrogen-bond acceptors (Lipinski definition) is 4. The molecule has 0 fully saturated rings. The first-order valence-corrected chi connectivity index (χ1v) is 8.14. The fourth-order valence-corrected chi connectivity index (χ4v) is 3.85. The van der Waals surface area contributed by atoms with Gasteiger partial charge >= 0.3 is 0 Å². The van der Waals surface area contributed by atoms with E-state index in [0.29, 0.717) is 0 Å². The molecule has 0 bridgehead atoms. The number of ketones is 1. The average Bonchev–Trinajstić information content (AvgIpc) is 2.37. The molecule has 4 nitrogen and oxygen atoms in total. The fraction of sp³-hybridized carbons (Fsp3) is 0.462. The second-order valence-corrected chi connectivity index (χ2v) is 8.53. The Morgan fingerprint density at radius 1 is 1.30 bits per heavy atom. The van der Waals surface area contributed by atoms with Crippen LogP contribution in [0, 0.1) is 0 Å². The van der Waals surface area contributed by atoms with Crippen molar-refractivity contribution in [3.05, 3.63) is 30.3 Å². The zero-order chi connectivity index (χ0) is 15.4. The van der Waals surface area contributed by atoms with Crippen LogP contribution in [0.5, 0.6) is 0 Å². The highest BCUT2D eigenvalue weighted by Crippen LogP contribution is 2.38. The number of halogens is 2. The number of carbonyl (C=O) groups is 1. The summed E-state index contributed by atoms with van der Waals surface area (Å²) in [4.78, 5) is 11.1. The van der Waals surface area contributed by atoms with E-state index in [9.17, 15) is 13.2 Å². The second kappa shape index (κ2) is 6.89. The topological polar surface area (TPSA) is 60.4 Å². The third-order valence-electron chi connectivity index (χ3n) is 2.76. The predicted octanol–water partition coefficient (Wildman–Crippen LogP) is 2.98. The van der Waals surface area contributed by atoms with E-state index in [1.54, 1.807) is 18.2 Å². The van der Waals surface area contributed by atoms with Crippen molar-refractivity contribution >= 4 is 38.8 Å². The Hall–Kier alpha value is -0.620. The van der Waals surface area contributed by atoms with E-state index in [1.165, 1.54) is 26.2 Å². The van der Waals surface area contributed by atoms with Gasteiger partial charge in [0, 0.05) is 20.0 Å². The molecule has 20 heavy (non-hydrogen) atoms. The second-order valence-electron chi connectivity index (χ2n) is 4.42. The Kier molecular flexibility index (Phi) is 6.01. The normalized spacial score (nSPS) is 14.0. The lowest BCUT2D eigenvalue weighted by Gasteiger charge is -2.24. The van der Waals surface area contributed by atoms with Gasteiger partial charge in [0.1, 0.15) is 5.78 Å². The summed E-state index contributed by atoms with van der Waals surface area (Å²) in [5.74, 6) is -0.127. The Bertz CT molecular complexity index is 555. The van der Waals surface area contributed by atoms with Gasteiger partial charge in [-0.3, -0.25) is 4.79 Å². The van der Waals surface area contributed by atoms with Gasteiger partial charge in [0.05, 0.1) is 11.0 Å². The van der Waals surface area contributed by atoms with E-state index < -0.39 is 19.6 Å². The fourth-order valence-electron chi connectivity index (χ4n) is 1.71. The number of benzene rings is 1. The zero-order valence-corrected chi connectivity index (χ0v) is 13.5. The quantitative estimate of drug-likeness (QED) is 0.717. The smallest absolute Gasteiger partial charge is 0.224 e. The molecule has 0 N–H and O–H groups in total. The molecular formula is C13H16Cl2O4S. The number of methoxy groups -OCH3 is 1. The van der Waals surface area contributed by atoms with Crippen LogP contribution in [0.4, 0.5) is 0 Å². The van der Waals surface area contributed by atoms with Gasteiger partial charge in [0.2, 0.25) is 13.5 Å². The molecule has 0 aromatic heterocycles. The van der Waals surface area contributed by atoms with Gasteiger partial charge in [-0.15, -0.1) is 0 Å². The predicted molar refractivity (Wildman–Crippen MR) is 78.8 cm³/mol. The van der Waals surface area contributed by atoms with E-state index in [1.807, 2.05) is 0 Å². The monoisotopic (exact) mass is 338 g/mol. The van der Waals surface area contributed by atoms with Crippen molar-refractivity contribution < 1.29 is 17.9 Å². The first-order valence-electron chi connectivity index (χ1n) is 5.90. The third-order valence-corrected chi connectivity index (χ3v) is 6.13. The van der Waals surface area contributed by atoms with Gasteiger partial charge in [-0.1, -0.05) is 41.4 Å². The van der Waals surface area contributed by atoms with Crippen LogP contribution < -0.4 is 0 Å². The van der Waals surface area contributed by atoms with Crippen molar-refractivity contribution in [1.82, 2.24) is 0 Å². The molecule has 0 aliphatic heterocycles. The summed E-state index contributed by atoms with van der Waals surface area (Å²) in [6.45, 7) is 1.39. The van der Waals surface area contributed by atoms with E-state index in [2.05, 4.69) is 0 Å². The Morgan fingerprint density at radius 3 is 2.30 bits per heavy atom. The molecule has 1 rings (SSSR count). The molecular weight excluding hydrogens is 323 g/mol. The zero-order valence-electron chi connectivity index (χ0n) is 11.2. The maximum absolute atomic E-state index is 12.4. The highest BCUT2D eigenvalue weighted by molar-refractivity contribution is 7.95. The third kappa shape index (κ3) is 4.19. The van der Waals surface area contributed by atoms with Gasteiger partial charge in [-0.05, 0) is 19.1 Å². The number of alkyl halides is 2. The number of ether oxygens (including phenoxy) is 1. The molecule has 1 aromatic carbocycles. The van der Waals surface area contributed by atoms with Gasteiger partial charge in [0.15, 0.2) is 0 Å². The molecule has 0 radical (unpaired) electrons. The van der Waals surface area contributed by atoms with Crippen LogP contribution in [-0.2, 0) is 19.4 Å². The van der Waals surface area contributed by atoms with E-state index >= 15 is 0 Å². The Balaban J connectivity index is 3.00. The maximum Gasteiger partial charge on any atom is 0.224 e. The molecule has 0 heterocycles. The van der Waals surface area contributed by atoms with Crippen molar-refractivity contribution in [2.45, 2.75) is 34.4 Å². The molecule has 1 unspecified atom stereocenters. The number of hydrogen-bond donors (Lipinski definition) is 0. The van der Waals surface area contributed by atoms with Crippen LogP contribution in [0.1, 0.15) is 19.8 Å². The number of rotatable bonds is 7. The molecule has 0 aliphatic carbocycles. The number of Topliss-reactive ketones (excluding diaryl/α,β-unsaturated/α-hetero) is 1. The van der Waals surface area contributed by atoms with E-state index in [4.69, 9.17) is 27.9 Å². The molecule has 112 valence electrons. The van der Waals surface area contributed by atoms with Crippen LogP contribution >= 0.6 is 23.2 Å². The van der Waals surface area contributed by atoms with Crippen molar-refractivity contribution in [2.24, 2.45) is 0 Å². The lowest BCUT2D eigenvalue weighted by molar-refractivity contribution is -0.119. The van der Waals surface area contributed by atoms with E-state index in [0.717, 1.165) is 0 Å². The SMILES string of the molecule is COC(CC(C)=O)CC(Cl)(Cl)S(=O)(=O)c1ccccc1. The van der Waals surface area contributed by atoms with Crippen molar-refractivity contribution in [3.63, 3.8) is 0 Å². The minimum atomic E-state index is -3.94. The summed E-state index contributed by atoms with van der Waals surface area (Å²) in [7, 11) is -2.56. The van der Waals surface area contributed by atoms with E-state index in [-0.39, 0.29) is 23.5 Å². The standard InChI is InChI=1S/C13H16Cl2O4S/c1-10(16)8-11(19-2)9-13(14,15)20(17,18)12-6-4-3-5-7-12/h3-7,11H,8-9H2,1-2H3. The van der Waals surface area contributed by atoms with Crippen LogP contribution in [0.15, 0.2) is 35.2 Å². The molecule has 0 saturated heterocycles. The summed E-state index contributed by atoms with van der Waals surface area (Å²) in [5.41, 5.74) is 0. The lowest BCUT2D eigenvalue weighted by Crippen LogP contribution is -2.32. The molecule has 1 atom stereocenters. The van der Waals surface area contributed by atoms with Crippen LogP contribution in [-0.4, -0.2) is 31.1 Å². The summed E-state index contributed by atoms with van der Waals surface area (Å²) < 4.78 is 27.8. The Labute approximate surface area is 128 Å². The number of sulfone groups is 1. The van der Waals surface area contributed by atoms with Crippen LogP contribution in [0.25, 0.3) is 0 Å². The summed E-state index contributed by atoms with van der Waals surface area (Å²) >= 11 is 12.0. The highest BCUT2D eigenvalue weighted by atomic mass is 35.5. The average molecular weight is 339 g/mol.